The topological polar surface area (TPSA) is 90.5 Å². The van der Waals surface area contributed by atoms with E-state index in [9.17, 15) is 4.91 Å². The summed E-state index contributed by atoms with van der Waals surface area (Å²) in [6, 6.07) is 7.40. The van der Waals surface area contributed by atoms with Crippen LogP contribution in [0.3, 0.4) is 0 Å². The predicted molar refractivity (Wildman–Crippen MR) is 83.8 cm³/mol. The van der Waals surface area contributed by atoms with Crippen LogP contribution in [-0.2, 0) is 6.42 Å². The summed E-state index contributed by atoms with van der Waals surface area (Å²) in [5.41, 5.74) is 9.21. The molecule has 3 rings (SSSR count). The Bertz CT molecular complexity index is 717. The smallest absolute Gasteiger partial charge is 0.220 e. The normalized spacial score (nSPS) is 20.3. The van der Waals surface area contributed by atoms with Gasteiger partial charge in [0.1, 0.15) is 11.8 Å². The van der Waals surface area contributed by atoms with Gasteiger partial charge < -0.3 is 10.5 Å². The lowest BCUT2D eigenvalue weighted by molar-refractivity contribution is 0.396. The van der Waals surface area contributed by atoms with E-state index >= 15 is 0 Å². The number of aromatic nitrogens is 2. The Balaban J connectivity index is 2.06. The van der Waals surface area contributed by atoms with Crippen LogP contribution in [0, 0.1) is 11.8 Å². The molecule has 2 atom stereocenters. The number of anilines is 1. The SMILES string of the molecule is COc1ccccc1C1Cc2nc(N)nc(C)c2C(N=O)C1. The van der Waals surface area contributed by atoms with Crippen molar-refractivity contribution in [2.45, 2.75) is 31.7 Å². The van der Waals surface area contributed by atoms with Gasteiger partial charge in [0.15, 0.2) is 0 Å². The number of benzene rings is 1. The van der Waals surface area contributed by atoms with Crippen LogP contribution in [0.2, 0.25) is 0 Å². The van der Waals surface area contributed by atoms with E-state index < -0.39 is 6.04 Å². The average Bonchev–Trinajstić information content (AvgIpc) is 2.53. The Labute approximate surface area is 128 Å². The van der Waals surface area contributed by atoms with Crippen LogP contribution in [0.4, 0.5) is 5.95 Å². The number of rotatable bonds is 3. The fourth-order valence-corrected chi connectivity index (χ4v) is 3.29. The predicted octanol–water partition coefficient (Wildman–Crippen LogP) is 2.91. The number of nitrogen functional groups attached to an aromatic ring is 1. The summed E-state index contributed by atoms with van der Waals surface area (Å²) in [7, 11) is 1.65. The highest BCUT2D eigenvalue weighted by Crippen LogP contribution is 2.43. The van der Waals surface area contributed by atoms with Crippen molar-refractivity contribution in [1.82, 2.24) is 9.97 Å². The first-order chi connectivity index (χ1) is 10.6. The van der Waals surface area contributed by atoms with E-state index in [0.29, 0.717) is 12.8 Å². The standard InChI is InChI=1S/C16H18N4O2/c1-9-15-12(19-16(17)18-9)7-10(8-13(15)20-21)11-5-3-4-6-14(11)22-2/h3-6,10,13H,7-8H2,1-2H3,(H2,17,18,19). The summed E-state index contributed by atoms with van der Waals surface area (Å²) in [6.45, 7) is 1.85. The Morgan fingerprint density at radius 1 is 1.32 bits per heavy atom. The molecule has 0 radical (unpaired) electrons. The molecule has 1 aromatic heterocycles. The maximum Gasteiger partial charge on any atom is 0.220 e. The summed E-state index contributed by atoms with van der Waals surface area (Å²) in [5, 5.41) is 3.30. The van der Waals surface area contributed by atoms with Crippen LogP contribution >= 0.6 is 0 Å². The van der Waals surface area contributed by atoms with E-state index in [1.807, 2.05) is 31.2 Å². The second-order valence-electron chi connectivity index (χ2n) is 5.53. The lowest BCUT2D eigenvalue weighted by Gasteiger charge is -2.29. The maximum absolute atomic E-state index is 11.3. The monoisotopic (exact) mass is 298 g/mol. The van der Waals surface area contributed by atoms with Gasteiger partial charge in [-0.15, -0.1) is 0 Å². The Hall–Kier alpha value is -2.50. The Kier molecular flexibility index (Phi) is 3.75. The molecule has 22 heavy (non-hydrogen) atoms. The van der Waals surface area contributed by atoms with Crippen molar-refractivity contribution in [1.29, 1.82) is 0 Å². The molecule has 0 fully saturated rings. The number of hydrogen-bond donors (Lipinski definition) is 1. The van der Waals surface area contributed by atoms with Crippen molar-refractivity contribution in [3.05, 3.63) is 51.7 Å². The second-order valence-corrected chi connectivity index (χ2v) is 5.53. The molecule has 1 aliphatic carbocycles. The van der Waals surface area contributed by atoms with Crippen molar-refractivity contribution in [3.63, 3.8) is 0 Å². The van der Waals surface area contributed by atoms with Crippen LogP contribution in [-0.4, -0.2) is 17.1 Å². The summed E-state index contributed by atoms with van der Waals surface area (Å²) in [4.78, 5) is 19.8. The number of ether oxygens (including phenoxy) is 1. The van der Waals surface area contributed by atoms with E-state index in [1.165, 1.54) is 0 Å². The fraction of sp³-hybridized carbons (Fsp3) is 0.375. The van der Waals surface area contributed by atoms with Crippen molar-refractivity contribution in [2.24, 2.45) is 5.18 Å². The molecule has 0 amide bonds. The zero-order chi connectivity index (χ0) is 15.7. The Morgan fingerprint density at radius 3 is 2.82 bits per heavy atom. The highest BCUT2D eigenvalue weighted by Gasteiger charge is 2.33. The zero-order valence-electron chi connectivity index (χ0n) is 12.6. The van der Waals surface area contributed by atoms with E-state index in [-0.39, 0.29) is 11.9 Å². The maximum atomic E-state index is 11.3. The minimum absolute atomic E-state index is 0.125. The molecule has 6 heteroatoms. The zero-order valence-corrected chi connectivity index (χ0v) is 12.6. The first-order valence-electron chi connectivity index (χ1n) is 7.22. The van der Waals surface area contributed by atoms with Gasteiger partial charge >= 0.3 is 0 Å². The number of nitroso groups, excluding NO2 is 1. The van der Waals surface area contributed by atoms with Crippen LogP contribution in [0.25, 0.3) is 0 Å². The number of nitrogens with two attached hydrogens (primary N) is 1. The van der Waals surface area contributed by atoms with Gasteiger partial charge in [0.25, 0.3) is 0 Å². The quantitative estimate of drug-likeness (QED) is 0.880. The third-order valence-corrected chi connectivity index (χ3v) is 4.22. The van der Waals surface area contributed by atoms with Crippen LogP contribution in [0.15, 0.2) is 29.4 Å². The third-order valence-electron chi connectivity index (χ3n) is 4.22. The lowest BCUT2D eigenvalue weighted by Crippen LogP contribution is -2.21. The summed E-state index contributed by atoms with van der Waals surface area (Å²) >= 11 is 0. The van der Waals surface area contributed by atoms with E-state index in [4.69, 9.17) is 10.5 Å². The average molecular weight is 298 g/mol. The molecule has 1 aliphatic rings. The molecule has 1 heterocycles. The van der Waals surface area contributed by atoms with Gasteiger partial charge in [-0.1, -0.05) is 23.4 Å². The van der Waals surface area contributed by atoms with Gasteiger partial charge in [-0.25, -0.2) is 9.97 Å². The van der Waals surface area contributed by atoms with E-state index in [1.54, 1.807) is 7.11 Å². The van der Waals surface area contributed by atoms with Crippen molar-refractivity contribution >= 4 is 5.95 Å². The molecule has 114 valence electrons. The lowest BCUT2D eigenvalue weighted by atomic mass is 9.79. The molecule has 2 N–H and O–H groups in total. The van der Waals surface area contributed by atoms with Gasteiger partial charge in [0.2, 0.25) is 5.95 Å². The number of para-hydroxylation sites is 1. The minimum Gasteiger partial charge on any atom is -0.496 e. The van der Waals surface area contributed by atoms with E-state index in [0.717, 1.165) is 28.3 Å². The number of aryl methyl sites for hydroxylation is 1. The third kappa shape index (κ3) is 2.41. The number of fused-ring (bicyclic) bond motifs is 1. The largest absolute Gasteiger partial charge is 0.496 e. The first kappa shape index (κ1) is 14.4. The molecular formula is C16H18N4O2. The highest BCUT2D eigenvalue weighted by atomic mass is 16.5. The number of methoxy groups -OCH3 is 1. The minimum atomic E-state index is -0.445. The van der Waals surface area contributed by atoms with Gasteiger partial charge in [0.05, 0.1) is 12.8 Å². The summed E-state index contributed by atoms with van der Waals surface area (Å²) in [5.74, 6) is 1.18. The van der Waals surface area contributed by atoms with Crippen LogP contribution in [0.5, 0.6) is 5.75 Å². The van der Waals surface area contributed by atoms with Crippen LogP contribution < -0.4 is 10.5 Å². The molecular weight excluding hydrogens is 280 g/mol. The molecule has 0 bridgehead atoms. The van der Waals surface area contributed by atoms with Crippen LogP contribution in [0.1, 0.15) is 40.9 Å². The first-order valence-corrected chi connectivity index (χ1v) is 7.22. The van der Waals surface area contributed by atoms with Crippen molar-refractivity contribution in [3.8, 4) is 5.75 Å². The molecule has 0 spiro atoms. The number of nitrogens with zero attached hydrogens (tertiary/aromatic N) is 3. The molecule has 0 aliphatic heterocycles. The van der Waals surface area contributed by atoms with Gasteiger partial charge in [-0.2, -0.15) is 4.91 Å². The van der Waals surface area contributed by atoms with Crippen molar-refractivity contribution in [2.75, 3.05) is 12.8 Å². The second kappa shape index (κ2) is 5.71. The summed E-state index contributed by atoms with van der Waals surface area (Å²) in [6.07, 6.45) is 1.33. The molecule has 2 aromatic rings. The molecule has 1 aromatic carbocycles. The summed E-state index contributed by atoms with van der Waals surface area (Å²) < 4.78 is 5.44. The molecule has 0 saturated carbocycles. The number of hydrogen-bond acceptors (Lipinski definition) is 6. The van der Waals surface area contributed by atoms with E-state index in [2.05, 4.69) is 15.1 Å². The Morgan fingerprint density at radius 2 is 2.09 bits per heavy atom. The van der Waals surface area contributed by atoms with Gasteiger partial charge in [-0.3, -0.25) is 0 Å². The molecule has 2 unspecified atom stereocenters. The molecule has 0 saturated heterocycles. The highest BCUT2D eigenvalue weighted by molar-refractivity contribution is 5.42. The fourth-order valence-electron chi connectivity index (χ4n) is 3.29. The van der Waals surface area contributed by atoms with Gasteiger partial charge in [0, 0.05) is 11.3 Å². The molecule has 6 nitrogen and oxygen atoms in total. The van der Waals surface area contributed by atoms with Crippen molar-refractivity contribution < 1.29 is 4.74 Å². The van der Waals surface area contributed by atoms with Gasteiger partial charge in [-0.05, 0) is 37.3 Å².